The Hall–Kier alpha value is -0.810. The Morgan fingerprint density at radius 1 is 1.54 bits per heavy atom. The number of hydrogen-bond acceptors (Lipinski definition) is 4. The number of methoxy groups -OCH3 is 1. The lowest BCUT2D eigenvalue weighted by Crippen LogP contribution is -2.02. The molecule has 0 aromatic carbocycles. The zero-order valence-electron chi connectivity index (χ0n) is 7.11. The number of hydrogen-bond donors (Lipinski definition) is 0. The van der Waals surface area contributed by atoms with Crippen molar-refractivity contribution in [2.45, 2.75) is 4.90 Å². The molecule has 0 aliphatic heterocycles. The second-order valence-electron chi connectivity index (χ2n) is 2.43. The average molecular weight is 222 g/mol. The Morgan fingerprint density at radius 2 is 2.15 bits per heavy atom. The smallest absolute Gasteiger partial charge is 0.232 e. The van der Waals surface area contributed by atoms with E-state index in [1.165, 1.54) is 19.4 Å². The normalized spacial score (nSPS) is 11.3. The van der Waals surface area contributed by atoms with Gasteiger partial charge in [0.05, 0.1) is 12.1 Å². The summed E-state index contributed by atoms with van der Waals surface area (Å²) >= 11 is 5.60. The molecule has 1 rings (SSSR count). The molecule has 1 heterocycles. The van der Waals surface area contributed by atoms with E-state index in [0.717, 1.165) is 6.26 Å². The van der Waals surface area contributed by atoms with Crippen LogP contribution in [0, 0.1) is 0 Å². The van der Waals surface area contributed by atoms with Gasteiger partial charge in [0.2, 0.25) is 5.88 Å². The first kappa shape index (κ1) is 10.3. The number of sulfone groups is 1. The Kier molecular flexibility index (Phi) is 2.77. The highest BCUT2D eigenvalue weighted by atomic mass is 35.5. The van der Waals surface area contributed by atoms with Crippen LogP contribution in [0.15, 0.2) is 17.2 Å². The first-order valence-corrected chi connectivity index (χ1v) is 5.61. The Bertz CT molecular complexity index is 416. The second kappa shape index (κ2) is 3.51. The highest BCUT2D eigenvalue weighted by molar-refractivity contribution is 7.90. The Labute approximate surface area is 81.4 Å². The predicted molar refractivity (Wildman–Crippen MR) is 48.9 cm³/mol. The van der Waals surface area contributed by atoms with Crippen LogP contribution in [-0.2, 0) is 9.84 Å². The number of halogens is 1. The SMILES string of the molecule is COc1ncc(Cl)cc1S(C)(=O)=O. The van der Waals surface area contributed by atoms with Crippen LogP contribution in [0.5, 0.6) is 5.88 Å². The summed E-state index contributed by atoms with van der Waals surface area (Å²) in [7, 11) is -1.99. The van der Waals surface area contributed by atoms with E-state index >= 15 is 0 Å². The van der Waals surface area contributed by atoms with Gasteiger partial charge in [-0.3, -0.25) is 0 Å². The van der Waals surface area contributed by atoms with E-state index in [2.05, 4.69) is 4.98 Å². The highest BCUT2D eigenvalue weighted by Gasteiger charge is 2.15. The van der Waals surface area contributed by atoms with E-state index in [1.54, 1.807) is 0 Å². The van der Waals surface area contributed by atoms with Crippen molar-refractivity contribution in [3.05, 3.63) is 17.3 Å². The van der Waals surface area contributed by atoms with Gasteiger partial charge in [-0.2, -0.15) is 0 Å². The molecule has 0 spiro atoms. The summed E-state index contributed by atoms with van der Waals surface area (Å²) in [6, 6.07) is 1.31. The van der Waals surface area contributed by atoms with Gasteiger partial charge in [-0.1, -0.05) is 11.6 Å². The molecule has 0 radical (unpaired) electrons. The first-order valence-electron chi connectivity index (χ1n) is 3.34. The van der Waals surface area contributed by atoms with Crippen molar-refractivity contribution in [1.82, 2.24) is 4.98 Å². The van der Waals surface area contributed by atoms with Gasteiger partial charge in [-0.15, -0.1) is 0 Å². The van der Waals surface area contributed by atoms with Crippen molar-refractivity contribution in [2.24, 2.45) is 0 Å². The van der Waals surface area contributed by atoms with E-state index in [0.29, 0.717) is 0 Å². The number of nitrogens with zero attached hydrogens (tertiary/aromatic N) is 1. The number of rotatable bonds is 2. The molecule has 0 atom stereocenters. The second-order valence-corrected chi connectivity index (χ2v) is 4.85. The van der Waals surface area contributed by atoms with E-state index in [1.807, 2.05) is 0 Å². The third-order valence-electron chi connectivity index (χ3n) is 1.38. The van der Waals surface area contributed by atoms with Crippen LogP contribution < -0.4 is 4.74 Å². The maximum absolute atomic E-state index is 11.2. The Balaban J connectivity index is 3.41. The molecule has 6 heteroatoms. The molecule has 0 N–H and O–H groups in total. The molecule has 4 nitrogen and oxygen atoms in total. The van der Waals surface area contributed by atoms with Crippen molar-refractivity contribution >= 4 is 21.4 Å². The minimum atomic E-state index is -3.34. The maximum Gasteiger partial charge on any atom is 0.232 e. The number of aromatic nitrogens is 1. The van der Waals surface area contributed by atoms with Crippen LogP contribution in [0.3, 0.4) is 0 Å². The lowest BCUT2D eigenvalue weighted by atomic mass is 10.5. The van der Waals surface area contributed by atoms with Crippen molar-refractivity contribution < 1.29 is 13.2 Å². The summed E-state index contributed by atoms with van der Waals surface area (Å²) in [6.45, 7) is 0. The predicted octanol–water partition coefficient (Wildman–Crippen LogP) is 1.15. The summed E-state index contributed by atoms with van der Waals surface area (Å²) in [5.74, 6) is 0.0619. The zero-order valence-corrected chi connectivity index (χ0v) is 8.69. The van der Waals surface area contributed by atoms with Gasteiger partial charge >= 0.3 is 0 Å². The molecule has 1 aromatic heterocycles. The summed E-state index contributed by atoms with van der Waals surface area (Å²) in [6.07, 6.45) is 2.40. The zero-order chi connectivity index (χ0) is 10.1. The molecule has 1 aromatic rings. The highest BCUT2D eigenvalue weighted by Crippen LogP contribution is 2.23. The van der Waals surface area contributed by atoms with Crippen LogP contribution >= 0.6 is 11.6 Å². The first-order chi connectivity index (χ1) is 5.95. The lowest BCUT2D eigenvalue weighted by Gasteiger charge is -2.04. The fourth-order valence-corrected chi connectivity index (χ4v) is 1.84. The van der Waals surface area contributed by atoms with Crippen LogP contribution in [0.4, 0.5) is 0 Å². The van der Waals surface area contributed by atoms with Gasteiger partial charge in [0.25, 0.3) is 0 Å². The molecule has 0 saturated carbocycles. The fourth-order valence-electron chi connectivity index (χ4n) is 0.827. The quantitative estimate of drug-likeness (QED) is 0.752. The average Bonchev–Trinajstić information content (AvgIpc) is 2.03. The van der Waals surface area contributed by atoms with Crippen LogP contribution in [0.1, 0.15) is 0 Å². The van der Waals surface area contributed by atoms with Crippen LogP contribution in [0.25, 0.3) is 0 Å². The van der Waals surface area contributed by atoms with Gasteiger partial charge in [0, 0.05) is 12.5 Å². The summed E-state index contributed by atoms with van der Waals surface area (Å²) in [4.78, 5) is 3.73. The van der Waals surface area contributed by atoms with Gasteiger partial charge in [-0.25, -0.2) is 13.4 Å². The van der Waals surface area contributed by atoms with Gasteiger partial charge in [0.15, 0.2) is 9.84 Å². The summed E-state index contributed by atoms with van der Waals surface area (Å²) in [5.41, 5.74) is 0. The molecule has 0 unspecified atom stereocenters. The summed E-state index contributed by atoms with van der Waals surface area (Å²) < 4.78 is 27.2. The van der Waals surface area contributed by atoms with Gasteiger partial charge in [-0.05, 0) is 6.07 Å². The molecule has 0 bridgehead atoms. The largest absolute Gasteiger partial charge is 0.480 e. The van der Waals surface area contributed by atoms with Crippen LogP contribution in [0.2, 0.25) is 5.02 Å². The Morgan fingerprint density at radius 3 is 2.62 bits per heavy atom. The van der Waals surface area contributed by atoms with Crippen molar-refractivity contribution in [3.63, 3.8) is 0 Å². The topological polar surface area (TPSA) is 56.3 Å². The van der Waals surface area contributed by atoms with E-state index in [-0.39, 0.29) is 15.8 Å². The third-order valence-corrected chi connectivity index (χ3v) is 2.68. The summed E-state index contributed by atoms with van der Waals surface area (Å²) in [5, 5.41) is 0.265. The third kappa shape index (κ3) is 2.32. The standard InChI is InChI=1S/C7H8ClNO3S/c1-12-7-6(13(2,10)11)3-5(8)4-9-7/h3-4H,1-2H3. The monoisotopic (exact) mass is 221 g/mol. The molecular formula is C7H8ClNO3S. The van der Waals surface area contributed by atoms with E-state index in [9.17, 15) is 8.42 Å². The molecule has 13 heavy (non-hydrogen) atoms. The van der Waals surface area contributed by atoms with Crippen molar-refractivity contribution in [2.75, 3.05) is 13.4 Å². The van der Waals surface area contributed by atoms with Gasteiger partial charge in [0.1, 0.15) is 4.90 Å². The lowest BCUT2D eigenvalue weighted by molar-refractivity contribution is 0.385. The molecule has 0 aliphatic carbocycles. The minimum absolute atomic E-state index is 0.00231. The molecule has 0 fully saturated rings. The van der Waals surface area contributed by atoms with E-state index < -0.39 is 9.84 Å². The minimum Gasteiger partial charge on any atom is -0.480 e. The van der Waals surface area contributed by atoms with E-state index in [4.69, 9.17) is 16.3 Å². The molecule has 72 valence electrons. The van der Waals surface area contributed by atoms with Crippen molar-refractivity contribution in [1.29, 1.82) is 0 Å². The molecule has 0 aliphatic rings. The molecular weight excluding hydrogens is 214 g/mol. The molecule has 0 saturated heterocycles. The van der Waals surface area contributed by atoms with Gasteiger partial charge < -0.3 is 4.74 Å². The number of pyridine rings is 1. The number of ether oxygens (including phenoxy) is 1. The maximum atomic E-state index is 11.2. The van der Waals surface area contributed by atoms with Crippen LogP contribution in [-0.4, -0.2) is 26.8 Å². The molecule has 0 amide bonds. The fraction of sp³-hybridized carbons (Fsp3) is 0.286. The van der Waals surface area contributed by atoms with Crippen molar-refractivity contribution in [3.8, 4) is 5.88 Å².